The fraction of sp³-hybridized carbons (Fsp3) is 0.158. The highest BCUT2D eigenvalue weighted by Crippen LogP contribution is 2.37. The van der Waals surface area contributed by atoms with E-state index in [-0.39, 0.29) is 5.91 Å². The number of para-hydroxylation sites is 1. The Balaban J connectivity index is 1.92. The van der Waals surface area contributed by atoms with E-state index in [2.05, 4.69) is 6.92 Å². The Morgan fingerprint density at radius 2 is 1.88 bits per heavy atom. The van der Waals surface area contributed by atoms with Gasteiger partial charge in [0.25, 0.3) is 5.91 Å². The lowest BCUT2D eigenvalue weighted by Crippen LogP contribution is -2.28. The molecule has 0 N–H and O–H groups in total. The van der Waals surface area contributed by atoms with Gasteiger partial charge in [-0.1, -0.05) is 61.2 Å². The molecule has 0 aromatic heterocycles. The van der Waals surface area contributed by atoms with Crippen LogP contribution in [-0.2, 0) is 11.2 Å². The second-order valence-corrected chi connectivity index (χ2v) is 6.95. The van der Waals surface area contributed by atoms with Crippen LogP contribution in [0, 0.1) is 0 Å². The normalized spacial score (nSPS) is 16.1. The van der Waals surface area contributed by atoms with Crippen LogP contribution in [0.1, 0.15) is 18.1 Å². The summed E-state index contributed by atoms with van der Waals surface area (Å²) in [5.74, 6) is 0.721. The van der Waals surface area contributed by atoms with Gasteiger partial charge in [-0.15, -0.1) is 0 Å². The molecule has 1 aliphatic rings. The van der Waals surface area contributed by atoms with Gasteiger partial charge in [0.15, 0.2) is 4.32 Å². The Kier molecular flexibility index (Phi) is 5.02. The van der Waals surface area contributed by atoms with E-state index in [0.717, 1.165) is 29.0 Å². The van der Waals surface area contributed by atoms with Crippen LogP contribution in [-0.4, -0.2) is 17.3 Å². The summed E-state index contributed by atoms with van der Waals surface area (Å²) in [5, 5.41) is 0. The molecule has 0 saturated carbocycles. The van der Waals surface area contributed by atoms with Crippen LogP contribution in [0.2, 0.25) is 0 Å². The maximum atomic E-state index is 12.8. The highest BCUT2D eigenvalue weighted by atomic mass is 32.2. The number of hydrogen-bond acceptors (Lipinski definition) is 4. The third kappa shape index (κ3) is 3.23. The molecule has 0 spiro atoms. The zero-order chi connectivity index (χ0) is 17.1. The summed E-state index contributed by atoms with van der Waals surface area (Å²) in [6, 6.07) is 15.5. The number of benzene rings is 2. The molecule has 1 amide bonds. The number of rotatable bonds is 4. The lowest BCUT2D eigenvalue weighted by Gasteiger charge is -2.18. The molecule has 2 aromatic carbocycles. The van der Waals surface area contributed by atoms with Gasteiger partial charge in [-0.2, -0.15) is 0 Å². The summed E-state index contributed by atoms with van der Waals surface area (Å²) < 4.78 is 5.73. The van der Waals surface area contributed by atoms with Crippen molar-refractivity contribution in [2.75, 3.05) is 12.0 Å². The van der Waals surface area contributed by atoms with E-state index in [1.807, 2.05) is 54.6 Å². The SMILES string of the molecule is CCc1ccccc1N1C(=O)/C(=C/c2ccc(OC)cc2)SC1=S. The van der Waals surface area contributed by atoms with Crippen LogP contribution in [0.15, 0.2) is 53.4 Å². The fourth-order valence-corrected chi connectivity index (χ4v) is 3.84. The minimum absolute atomic E-state index is 0.0679. The molecular formula is C19H17NO2S2. The van der Waals surface area contributed by atoms with Gasteiger partial charge < -0.3 is 4.74 Å². The molecule has 122 valence electrons. The number of aryl methyl sites for hydroxylation is 1. The van der Waals surface area contributed by atoms with E-state index >= 15 is 0 Å². The average molecular weight is 355 g/mol. The Bertz CT molecular complexity index is 812. The third-order valence-electron chi connectivity index (χ3n) is 3.82. The number of methoxy groups -OCH3 is 1. The van der Waals surface area contributed by atoms with Crippen molar-refractivity contribution in [3.8, 4) is 5.75 Å². The predicted octanol–water partition coefficient (Wildman–Crippen LogP) is 4.66. The molecule has 2 aromatic rings. The number of thiocarbonyl (C=S) groups is 1. The molecule has 3 rings (SSSR count). The predicted molar refractivity (Wildman–Crippen MR) is 104 cm³/mol. The zero-order valence-corrected chi connectivity index (χ0v) is 15.1. The summed E-state index contributed by atoms with van der Waals surface area (Å²) >= 11 is 6.79. The van der Waals surface area contributed by atoms with Gasteiger partial charge in [0.1, 0.15) is 5.75 Å². The molecule has 24 heavy (non-hydrogen) atoms. The molecule has 0 atom stereocenters. The van der Waals surface area contributed by atoms with E-state index < -0.39 is 0 Å². The smallest absolute Gasteiger partial charge is 0.270 e. The van der Waals surface area contributed by atoms with E-state index in [0.29, 0.717) is 9.23 Å². The van der Waals surface area contributed by atoms with Crippen molar-refractivity contribution in [2.45, 2.75) is 13.3 Å². The quantitative estimate of drug-likeness (QED) is 0.589. The number of amides is 1. The number of carbonyl (C=O) groups is 1. The Morgan fingerprint density at radius 3 is 2.54 bits per heavy atom. The van der Waals surface area contributed by atoms with Crippen LogP contribution >= 0.6 is 24.0 Å². The topological polar surface area (TPSA) is 29.5 Å². The molecule has 1 aliphatic heterocycles. The van der Waals surface area contributed by atoms with Gasteiger partial charge in [-0.3, -0.25) is 9.69 Å². The fourth-order valence-electron chi connectivity index (χ4n) is 2.55. The number of nitrogens with zero attached hydrogens (tertiary/aromatic N) is 1. The number of carbonyl (C=O) groups excluding carboxylic acids is 1. The molecule has 1 fully saturated rings. The van der Waals surface area contributed by atoms with Gasteiger partial charge in [-0.05, 0) is 41.8 Å². The molecule has 0 aliphatic carbocycles. The molecule has 3 nitrogen and oxygen atoms in total. The second-order valence-electron chi connectivity index (χ2n) is 5.27. The van der Waals surface area contributed by atoms with E-state index in [1.165, 1.54) is 11.8 Å². The van der Waals surface area contributed by atoms with Gasteiger partial charge in [0, 0.05) is 0 Å². The Hall–Kier alpha value is -2.11. The van der Waals surface area contributed by atoms with E-state index in [1.54, 1.807) is 12.0 Å². The third-order valence-corrected chi connectivity index (χ3v) is 5.12. The first-order chi connectivity index (χ1) is 11.6. The number of ether oxygens (including phenoxy) is 1. The maximum Gasteiger partial charge on any atom is 0.270 e. The van der Waals surface area contributed by atoms with Crippen molar-refractivity contribution >= 4 is 46.0 Å². The lowest BCUT2D eigenvalue weighted by molar-refractivity contribution is -0.113. The van der Waals surface area contributed by atoms with E-state index in [9.17, 15) is 4.79 Å². The van der Waals surface area contributed by atoms with Gasteiger partial charge in [0.2, 0.25) is 0 Å². The number of hydrogen-bond donors (Lipinski definition) is 0. The lowest BCUT2D eigenvalue weighted by atomic mass is 10.1. The van der Waals surface area contributed by atoms with Crippen LogP contribution < -0.4 is 9.64 Å². The molecule has 0 unspecified atom stereocenters. The molecule has 1 saturated heterocycles. The highest BCUT2D eigenvalue weighted by molar-refractivity contribution is 8.27. The molecular weight excluding hydrogens is 338 g/mol. The van der Waals surface area contributed by atoms with Crippen molar-refractivity contribution in [1.82, 2.24) is 0 Å². The van der Waals surface area contributed by atoms with Crippen molar-refractivity contribution in [3.63, 3.8) is 0 Å². The standard InChI is InChI=1S/C19H17NO2S2/c1-3-14-6-4-5-7-16(14)20-18(21)17(24-19(20)23)12-13-8-10-15(22-2)11-9-13/h4-12H,3H2,1-2H3/b17-12-. The second kappa shape index (κ2) is 7.20. The number of thioether (sulfide) groups is 1. The first kappa shape index (κ1) is 16.7. The number of anilines is 1. The minimum Gasteiger partial charge on any atom is -0.497 e. The summed E-state index contributed by atoms with van der Waals surface area (Å²) in [5.41, 5.74) is 2.93. The first-order valence-corrected chi connectivity index (χ1v) is 8.86. The molecule has 1 heterocycles. The molecule has 0 radical (unpaired) electrons. The average Bonchev–Trinajstić information content (AvgIpc) is 2.89. The largest absolute Gasteiger partial charge is 0.497 e. The van der Waals surface area contributed by atoms with Gasteiger partial charge >= 0.3 is 0 Å². The Morgan fingerprint density at radius 1 is 1.17 bits per heavy atom. The van der Waals surface area contributed by atoms with Crippen molar-refractivity contribution in [2.24, 2.45) is 0 Å². The van der Waals surface area contributed by atoms with Crippen LogP contribution in [0.3, 0.4) is 0 Å². The van der Waals surface area contributed by atoms with Crippen LogP contribution in [0.4, 0.5) is 5.69 Å². The first-order valence-electron chi connectivity index (χ1n) is 7.64. The molecule has 5 heteroatoms. The van der Waals surface area contributed by atoms with Crippen molar-refractivity contribution in [1.29, 1.82) is 0 Å². The van der Waals surface area contributed by atoms with Crippen LogP contribution in [0.25, 0.3) is 6.08 Å². The van der Waals surface area contributed by atoms with Gasteiger partial charge in [0.05, 0.1) is 17.7 Å². The highest BCUT2D eigenvalue weighted by Gasteiger charge is 2.34. The van der Waals surface area contributed by atoms with E-state index in [4.69, 9.17) is 17.0 Å². The van der Waals surface area contributed by atoms with Crippen molar-refractivity contribution < 1.29 is 9.53 Å². The Labute approximate surface area is 151 Å². The summed E-state index contributed by atoms with van der Waals surface area (Å²) in [6.07, 6.45) is 2.72. The summed E-state index contributed by atoms with van der Waals surface area (Å²) in [4.78, 5) is 15.1. The van der Waals surface area contributed by atoms with Crippen molar-refractivity contribution in [3.05, 3.63) is 64.6 Å². The van der Waals surface area contributed by atoms with Gasteiger partial charge in [-0.25, -0.2) is 0 Å². The maximum absolute atomic E-state index is 12.8. The minimum atomic E-state index is -0.0679. The molecule has 0 bridgehead atoms. The van der Waals surface area contributed by atoms with Crippen LogP contribution in [0.5, 0.6) is 5.75 Å². The summed E-state index contributed by atoms with van der Waals surface area (Å²) in [7, 11) is 1.63. The monoisotopic (exact) mass is 355 g/mol. The zero-order valence-electron chi connectivity index (χ0n) is 13.5. The summed E-state index contributed by atoms with van der Waals surface area (Å²) in [6.45, 7) is 2.07.